The number of aromatic carboxylic acids is 1. The third kappa shape index (κ3) is 3.73. The molecule has 0 atom stereocenters. The quantitative estimate of drug-likeness (QED) is 0.779. The van der Waals surface area contributed by atoms with Gasteiger partial charge in [-0.05, 0) is 36.5 Å². The summed E-state index contributed by atoms with van der Waals surface area (Å²) in [5, 5.41) is 9.06. The Balaban J connectivity index is 1.87. The van der Waals surface area contributed by atoms with Crippen LogP contribution in [0.15, 0.2) is 18.2 Å². The van der Waals surface area contributed by atoms with Gasteiger partial charge in [-0.3, -0.25) is 0 Å². The highest BCUT2D eigenvalue weighted by Gasteiger charge is 2.20. The number of anilines is 1. The summed E-state index contributed by atoms with van der Waals surface area (Å²) in [6.07, 6.45) is 2.07. The van der Waals surface area contributed by atoms with Crippen LogP contribution < -0.4 is 4.90 Å². The van der Waals surface area contributed by atoms with Gasteiger partial charge in [0.15, 0.2) is 0 Å². The highest BCUT2D eigenvalue weighted by atomic mass is 16.5. The lowest BCUT2D eigenvalue weighted by Crippen LogP contribution is -2.25. The van der Waals surface area contributed by atoms with Gasteiger partial charge in [0.2, 0.25) is 0 Å². The van der Waals surface area contributed by atoms with Gasteiger partial charge in [-0.25, -0.2) is 4.79 Å². The second-order valence-corrected chi connectivity index (χ2v) is 5.68. The molecule has 0 amide bonds. The number of rotatable bonds is 7. The van der Waals surface area contributed by atoms with Crippen molar-refractivity contribution in [1.82, 2.24) is 0 Å². The molecule has 1 N–H and O–H groups in total. The molecule has 0 bridgehead atoms. The van der Waals surface area contributed by atoms with Crippen molar-refractivity contribution in [2.24, 2.45) is 5.92 Å². The van der Waals surface area contributed by atoms with E-state index in [1.807, 2.05) is 6.07 Å². The van der Waals surface area contributed by atoms with Gasteiger partial charge in [-0.1, -0.05) is 19.9 Å². The largest absolute Gasteiger partial charge is 0.478 e. The van der Waals surface area contributed by atoms with Gasteiger partial charge >= 0.3 is 5.97 Å². The minimum Gasteiger partial charge on any atom is -0.478 e. The van der Waals surface area contributed by atoms with Crippen molar-refractivity contribution >= 4 is 11.7 Å². The predicted octanol–water partition coefficient (Wildman–Crippen LogP) is 2.81. The minimum absolute atomic E-state index is 0.358. The van der Waals surface area contributed by atoms with E-state index in [-0.39, 0.29) is 0 Å². The molecule has 0 aliphatic carbocycles. The first-order chi connectivity index (χ1) is 9.58. The Kier molecular flexibility index (Phi) is 5.01. The fourth-order valence-electron chi connectivity index (χ4n) is 2.41. The van der Waals surface area contributed by atoms with Gasteiger partial charge in [0, 0.05) is 25.4 Å². The Morgan fingerprint density at radius 3 is 2.90 bits per heavy atom. The molecule has 1 heterocycles. The zero-order chi connectivity index (χ0) is 14.5. The average Bonchev–Trinajstić information content (AvgIpc) is 2.80. The number of fused-ring (bicyclic) bond motifs is 1. The van der Waals surface area contributed by atoms with Crippen molar-refractivity contribution < 1.29 is 14.6 Å². The average molecular weight is 277 g/mol. The molecule has 1 aromatic rings. The highest BCUT2D eigenvalue weighted by molar-refractivity contribution is 5.89. The molecule has 4 heteroatoms. The van der Waals surface area contributed by atoms with E-state index in [1.165, 1.54) is 5.56 Å². The van der Waals surface area contributed by atoms with E-state index in [2.05, 4.69) is 18.7 Å². The minimum atomic E-state index is -0.868. The zero-order valence-corrected chi connectivity index (χ0v) is 12.3. The number of carbonyl (C=O) groups is 1. The van der Waals surface area contributed by atoms with Crippen molar-refractivity contribution in [2.75, 3.05) is 31.2 Å². The first-order valence-electron chi connectivity index (χ1n) is 7.27. The second kappa shape index (κ2) is 6.75. The highest BCUT2D eigenvalue weighted by Crippen LogP contribution is 2.28. The Morgan fingerprint density at radius 2 is 2.20 bits per heavy atom. The van der Waals surface area contributed by atoms with Crippen molar-refractivity contribution in [3.63, 3.8) is 0 Å². The number of nitrogens with zero attached hydrogens (tertiary/aromatic N) is 1. The molecule has 0 aromatic heterocycles. The molecule has 0 unspecified atom stereocenters. The summed E-state index contributed by atoms with van der Waals surface area (Å²) in [6.45, 7) is 7.65. The van der Waals surface area contributed by atoms with E-state index in [0.717, 1.165) is 38.2 Å². The molecule has 1 aromatic carbocycles. The Bertz CT molecular complexity index is 471. The summed E-state index contributed by atoms with van der Waals surface area (Å²) >= 11 is 0. The summed E-state index contributed by atoms with van der Waals surface area (Å²) in [7, 11) is 0. The number of carboxylic acids is 1. The smallest absolute Gasteiger partial charge is 0.335 e. The molecule has 2 rings (SSSR count). The fraction of sp³-hybridized carbons (Fsp3) is 0.562. The lowest BCUT2D eigenvalue weighted by atomic mass is 10.1. The predicted molar refractivity (Wildman–Crippen MR) is 79.6 cm³/mol. The Hall–Kier alpha value is -1.55. The monoisotopic (exact) mass is 277 g/mol. The molecule has 20 heavy (non-hydrogen) atoms. The van der Waals surface area contributed by atoms with Crippen LogP contribution in [0.25, 0.3) is 0 Å². The van der Waals surface area contributed by atoms with Crippen LogP contribution in [0.4, 0.5) is 5.69 Å². The maximum atomic E-state index is 11.0. The molecular formula is C16H23NO3. The van der Waals surface area contributed by atoms with Crippen LogP contribution in [-0.2, 0) is 11.2 Å². The lowest BCUT2D eigenvalue weighted by molar-refractivity contribution is 0.0697. The Labute approximate surface area is 120 Å². The van der Waals surface area contributed by atoms with E-state index < -0.39 is 5.97 Å². The van der Waals surface area contributed by atoms with Crippen LogP contribution in [0, 0.1) is 5.92 Å². The van der Waals surface area contributed by atoms with E-state index in [4.69, 9.17) is 9.84 Å². The number of hydrogen-bond acceptors (Lipinski definition) is 3. The van der Waals surface area contributed by atoms with E-state index in [0.29, 0.717) is 18.1 Å². The molecule has 0 spiro atoms. The number of carboxylic acid groups (broad SMARTS) is 1. The number of hydrogen-bond donors (Lipinski definition) is 1. The first-order valence-corrected chi connectivity index (χ1v) is 7.27. The van der Waals surface area contributed by atoms with E-state index in [9.17, 15) is 4.79 Å². The zero-order valence-electron chi connectivity index (χ0n) is 12.3. The fourth-order valence-corrected chi connectivity index (χ4v) is 2.41. The number of benzene rings is 1. The van der Waals surface area contributed by atoms with Crippen LogP contribution in [-0.4, -0.2) is 37.4 Å². The van der Waals surface area contributed by atoms with Gasteiger partial charge in [-0.2, -0.15) is 0 Å². The summed E-state index contributed by atoms with van der Waals surface area (Å²) in [5.74, 6) is -0.200. The molecular weight excluding hydrogens is 254 g/mol. The standard InChI is InChI=1S/C16H23NO3/c1-12(2)6-9-20-10-8-17-7-5-13-3-4-14(16(18)19)11-15(13)17/h3-4,11-12H,5-10H2,1-2H3,(H,18,19). The second-order valence-electron chi connectivity index (χ2n) is 5.68. The topological polar surface area (TPSA) is 49.8 Å². The molecule has 0 fully saturated rings. The van der Waals surface area contributed by atoms with Gasteiger partial charge in [0.1, 0.15) is 0 Å². The third-order valence-electron chi connectivity index (χ3n) is 3.67. The molecule has 1 aliphatic rings. The van der Waals surface area contributed by atoms with Gasteiger partial charge < -0.3 is 14.7 Å². The normalized spacial score (nSPS) is 13.8. The van der Waals surface area contributed by atoms with Crippen LogP contribution >= 0.6 is 0 Å². The molecule has 0 radical (unpaired) electrons. The van der Waals surface area contributed by atoms with Crippen LogP contribution in [0.5, 0.6) is 0 Å². The first kappa shape index (κ1) is 14.9. The van der Waals surface area contributed by atoms with Gasteiger partial charge in [0.05, 0.1) is 12.2 Å². The summed E-state index contributed by atoms with van der Waals surface area (Å²) in [6, 6.07) is 5.39. The molecule has 0 saturated heterocycles. The van der Waals surface area contributed by atoms with E-state index in [1.54, 1.807) is 12.1 Å². The summed E-state index contributed by atoms with van der Waals surface area (Å²) in [5.41, 5.74) is 2.64. The SMILES string of the molecule is CC(C)CCOCCN1CCc2ccc(C(=O)O)cc21. The van der Waals surface area contributed by atoms with Gasteiger partial charge in [-0.15, -0.1) is 0 Å². The number of ether oxygens (including phenoxy) is 1. The van der Waals surface area contributed by atoms with Crippen LogP contribution in [0.2, 0.25) is 0 Å². The van der Waals surface area contributed by atoms with Crippen LogP contribution in [0.1, 0.15) is 36.2 Å². The van der Waals surface area contributed by atoms with Crippen LogP contribution in [0.3, 0.4) is 0 Å². The van der Waals surface area contributed by atoms with Gasteiger partial charge in [0.25, 0.3) is 0 Å². The Morgan fingerprint density at radius 1 is 1.40 bits per heavy atom. The maximum absolute atomic E-state index is 11.0. The molecule has 0 saturated carbocycles. The molecule has 110 valence electrons. The van der Waals surface area contributed by atoms with E-state index >= 15 is 0 Å². The van der Waals surface area contributed by atoms with Crippen molar-refractivity contribution in [3.8, 4) is 0 Å². The van der Waals surface area contributed by atoms with Crippen molar-refractivity contribution in [3.05, 3.63) is 29.3 Å². The molecule has 4 nitrogen and oxygen atoms in total. The lowest BCUT2D eigenvalue weighted by Gasteiger charge is -2.19. The van der Waals surface area contributed by atoms with Crippen molar-refractivity contribution in [1.29, 1.82) is 0 Å². The molecule has 1 aliphatic heterocycles. The summed E-state index contributed by atoms with van der Waals surface area (Å²) in [4.78, 5) is 13.2. The van der Waals surface area contributed by atoms with Crippen molar-refractivity contribution in [2.45, 2.75) is 26.7 Å². The summed E-state index contributed by atoms with van der Waals surface area (Å²) < 4.78 is 5.64. The third-order valence-corrected chi connectivity index (χ3v) is 3.67. The maximum Gasteiger partial charge on any atom is 0.335 e.